The summed E-state index contributed by atoms with van der Waals surface area (Å²) in [5.74, 6) is 0.534. The van der Waals surface area contributed by atoms with Crippen molar-refractivity contribution in [3.63, 3.8) is 0 Å². The van der Waals surface area contributed by atoms with Gasteiger partial charge in [-0.05, 0) is 37.4 Å². The highest BCUT2D eigenvalue weighted by molar-refractivity contribution is 7.13. The standard InChI is InChI=1S/C20H27N3OS/c1-15(2)16-6-8-17(9-7-16)19-21-18(14-25-19)20(24)22(3)12-13-23-10-4-5-11-23/h6-9,14-15H,4-5,10-13H2,1-3H3. The van der Waals surface area contributed by atoms with Crippen LogP contribution in [0.3, 0.4) is 0 Å². The summed E-state index contributed by atoms with van der Waals surface area (Å²) in [6, 6.07) is 8.48. The Hall–Kier alpha value is -1.72. The maximum atomic E-state index is 12.6. The predicted molar refractivity (Wildman–Crippen MR) is 104 cm³/mol. The molecule has 2 aromatic rings. The van der Waals surface area contributed by atoms with E-state index in [0.717, 1.165) is 36.8 Å². The topological polar surface area (TPSA) is 36.4 Å². The van der Waals surface area contributed by atoms with Crippen molar-refractivity contribution in [1.82, 2.24) is 14.8 Å². The van der Waals surface area contributed by atoms with Gasteiger partial charge >= 0.3 is 0 Å². The summed E-state index contributed by atoms with van der Waals surface area (Å²) in [4.78, 5) is 21.4. The zero-order valence-electron chi connectivity index (χ0n) is 15.4. The smallest absolute Gasteiger partial charge is 0.273 e. The van der Waals surface area contributed by atoms with E-state index >= 15 is 0 Å². The number of hydrogen-bond donors (Lipinski definition) is 0. The molecule has 0 saturated carbocycles. The summed E-state index contributed by atoms with van der Waals surface area (Å²) in [6.45, 7) is 8.41. The molecule has 1 amide bonds. The van der Waals surface area contributed by atoms with Gasteiger partial charge in [0.15, 0.2) is 0 Å². The fourth-order valence-electron chi connectivity index (χ4n) is 3.11. The van der Waals surface area contributed by atoms with Crippen molar-refractivity contribution < 1.29 is 4.79 Å². The Morgan fingerprint density at radius 3 is 2.56 bits per heavy atom. The third kappa shape index (κ3) is 4.47. The Morgan fingerprint density at radius 2 is 1.92 bits per heavy atom. The molecule has 5 heteroatoms. The molecule has 0 spiro atoms. The van der Waals surface area contributed by atoms with E-state index in [9.17, 15) is 4.79 Å². The third-order valence-electron chi connectivity index (χ3n) is 4.84. The molecule has 1 aliphatic heterocycles. The summed E-state index contributed by atoms with van der Waals surface area (Å²) in [6.07, 6.45) is 2.56. The van der Waals surface area contributed by atoms with Crippen molar-refractivity contribution in [3.8, 4) is 10.6 Å². The second-order valence-corrected chi connectivity index (χ2v) is 7.95. The second-order valence-electron chi connectivity index (χ2n) is 7.09. The predicted octanol–water partition coefficient (Wildman–Crippen LogP) is 4.10. The number of benzene rings is 1. The number of hydrogen-bond acceptors (Lipinski definition) is 4. The van der Waals surface area contributed by atoms with Gasteiger partial charge in [-0.25, -0.2) is 4.98 Å². The zero-order chi connectivity index (χ0) is 17.8. The van der Waals surface area contributed by atoms with Crippen LogP contribution in [-0.4, -0.2) is 53.9 Å². The first-order valence-corrected chi connectivity index (χ1v) is 9.96. The van der Waals surface area contributed by atoms with Gasteiger partial charge in [-0.2, -0.15) is 0 Å². The molecule has 1 aliphatic rings. The van der Waals surface area contributed by atoms with E-state index in [1.165, 1.54) is 29.7 Å². The maximum absolute atomic E-state index is 12.6. The number of nitrogens with zero attached hydrogens (tertiary/aromatic N) is 3. The van der Waals surface area contributed by atoms with E-state index in [0.29, 0.717) is 11.6 Å². The van der Waals surface area contributed by atoms with Crippen LogP contribution >= 0.6 is 11.3 Å². The quantitative estimate of drug-likeness (QED) is 0.781. The van der Waals surface area contributed by atoms with Crippen LogP contribution in [0.15, 0.2) is 29.6 Å². The first kappa shape index (κ1) is 18.1. The monoisotopic (exact) mass is 357 g/mol. The average molecular weight is 358 g/mol. The van der Waals surface area contributed by atoms with Gasteiger partial charge in [0, 0.05) is 31.1 Å². The molecule has 1 aromatic heterocycles. The van der Waals surface area contributed by atoms with Gasteiger partial charge in [0.2, 0.25) is 0 Å². The Kier molecular flexibility index (Phi) is 5.86. The number of carbonyl (C=O) groups is 1. The molecule has 0 N–H and O–H groups in total. The van der Waals surface area contributed by atoms with Crippen LogP contribution in [0.4, 0.5) is 0 Å². The molecule has 4 nitrogen and oxygen atoms in total. The van der Waals surface area contributed by atoms with E-state index < -0.39 is 0 Å². The molecular formula is C20H27N3OS. The summed E-state index contributed by atoms with van der Waals surface area (Å²) in [5, 5.41) is 2.78. The molecular weight excluding hydrogens is 330 g/mol. The molecule has 3 rings (SSSR count). The summed E-state index contributed by atoms with van der Waals surface area (Å²) >= 11 is 1.54. The summed E-state index contributed by atoms with van der Waals surface area (Å²) < 4.78 is 0. The Morgan fingerprint density at radius 1 is 1.24 bits per heavy atom. The molecule has 0 radical (unpaired) electrons. The van der Waals surface area contributed by atoms with Crippen molar-refractivity contribution in [2.45, 2.75) is 32.6 Å². The number of likely N-dealkylation sites (N-methyl/N-ethyl adjacent to an activating group) is 1. The normalized spacial score (nSPS) is 15.0. The number of amides is 1. The Bertz CT molecular complexity index is 702. The minimum absolute atomic E-state index is 0.0143. The van der Waals surface area contributed by atoms with Gasteiger partial charge < -0.3 is 9.80 Å². The zero-order valence-corrected chi connectivity index (χ0v) is 16.2. The minimum Gasteiger partial charge on any atom is -0.339 e. The highest BCUT2D eigenvalue weighted by Gasteiger charge is 2.18. The van der Waals surface area contributed by atoms with Crippen molar-refractivity contribution >= 4 is 17.2 Å². The van der Waals surface area contributed by atoms with E-state index in [4.69, 9.17) is 0 Å². The Balaban J connectivity index is 1.62. The minimum atomic E-state index is 0.0143. The van der Waals surface area contributed by atoms with Crippen LogP contribution in [0.2, 0.25) is 0 Å². The highest BCUT2D eigenvalue weighted by Crippen LogP contribution is 2.26. The molecule has 0 aliphatic carbocycles. The highest BCUT2D eigenvalue weighted by atomic mass is 32.1. The lowest BCUT2D eigenvalue weighted by Gasteiger charge is -2.20. The number of rotatable bonds is 6. The summed E-state index contributed by atoms with van der Waals surface area (Å²) in [7, 11) is 1.87. The van der Waals surface area contributed by atoms with Gasteiger partial charge in [0.25, 0.3) is 5.91 Å². The number of carbonyl (C=O) groups excluding carboxylic acids is 1. The molecule has 0 unspecified atom stereocenters. The largest absolute Gasteiger partial charge is 0.339 e. The molecule has 0 atom stereocenters. The van der Waals surface area contributed by atoms with Gasteiger partial charge in [-0.1, -0.05) is 38.1 Å². The lowest BCUT2D eigenvalue weighted by atomic mass is 10.0. The molecule has 25 heavy (non-hydrogen) atoms. The van der Waals surface area contributed by atoms with E-state index in [-0.39, 0.29) is 5.91 Å². The molecule has 1 fully saturated rings. The van der Waals surface area contributed by atoms with Crippen molar-refractivity contribution in [2.24, 2.45) is 0 Å². The van der Waals surface area contributed by atoms with E-state index in [2.05, 4.69) is 48.0 Å². The maximum Gasteiger partial charge on any atom is 0.273 e. The van der Waals surface area contributed by atoms with E-state index in [1.54, 1.807) is 4.90 Å². The second kappa shape index (κ2) is 8.11. The number of likely N-dealkylation sites (tertiary alicyclic amines) is 1. The fourth-order valence-corrected chi connectivity index (χ4v) is 3.91. The van der Waals surface area contributed by atoms with Crippen LogP contribution in [0.1, 0.15) is 48.7 Å². The Labute approximate surface area is 154 Å². The summed E-state index contributed by atoms with van der Waals surface area (Å²) in [5.41, 5.74) is 2.95. The van der Waals surface area contributed by atoms with E-state index in [1.807, 2.05) is 12.4 Å². The van der Waals surface area contributed by atoms with Crippen LogP contribution in [0.5, 0.6) is 0 Å². The van der Waals surface area contributed by atoms with Gasteiger partial charge in [0.1, 0.15) is 10.7 Å². The fraction of sp³-hybridized carbons (Fsp3) is 0.500. The molecule has 2 heterocycles. The van der Waals surface area contributed by atoms with Crippen LogP contribution in [0, 0.1) is 0 Å². The van der Waals surface area contributed by atoms with Gasteiger partial charge in [-0.3, -0.25) is 4.79 Å². The molecule has 134 valence electrons. The van der Waals surface area contributed by atoms with Crippen molar-refractivity contribution in [2.75, 3.05) is 33.2 Å². The molecule has 0 bridgehead atoms. The molecule has 1 saturated heterocycles. The lowest BCUT2D eigenvalue weighted by Crippen LogP contribution is -2.35. The van der Waals surface area contributed by atoms with Crippen LogP contribution in [0.25, 0.3) is 10.6 Å². The first-order chi connectivity index (χ1) is 12.0. The number of thiazole rings is 1. The first-order valence-electron chi connectivity index (χ1n) is 9.08. The van der Waals surface area contributed by atoms with Gasteiger partial charge in [-0.15, -0.1) is 11.3 Å². The van der Waals surface area contributed by atoms with Crippen LogP contribution < -0.4 is 0 Å². The molecule has 1 aromatic carbocycles. The SMILES string of the molecule is CC(C)c1ccc(-c2nc(C(=O)N(C)CCN3CCCC3)cs2)cc1. The van der Waals surface area contributed by atoms with Gasteiger partial charge in [0.05, 0.1) is 0 Å². The third-order valence-corrected chi connectivity index (χ3v) is 5.74. The van der Waals surface area contributed by atoms with Crippen molar-refractivity contribution in [1.29, 1.82) is 0 Å². The average Bonchev–Trinajstić information content (AvgIpc) is 3.30. The van der Waals surface area contributed by atoms with Crippen molar-refractivity contribution in [3.05, 3.63) is 40.9 Å². The lowest BCUT2D eigenvalue weighted by molar-refractivity contribution is 0.0777. The van der Waals surface area contributed by atoms with Crippen LogP contribution in [-0.2, 0) is 0 Å². The number of aromatic nitrogens is 1.